The topological polar surface area (TPSA) is 113 Å². The number of fused-ring (bicyclic) bond motifs is 1. The maximum absolute atomic E-state index is 11.2. The molecule has 96 valence electrons. The first-order valence-electron chi connectivity index (χ1n) is 5.40. The molecule has 0 aromatic rings. The Hall–Kier alpha value is -1.70. The summed E-state index contributed by atoms with van der Waals surface area (Å²) in [5.74, 6) is -0.343. The van der Waals surface area contributed by atoms with Gasteiger partial charge in [0.2, 0.25) is 5.96 Å². The highest BCUT2D eigenvalue weighted by atomic mass is 32.2. The molecule has 7 nitrogen and oxygen atoms in total. The summed E-state index contributed by atoms with van der Waals surface area (Å²) in [6.45, 7) is 3.69. The lowest BCUT2D eigenvalue weighted by atomic mass is 10.1. The van der Waals surface area contributed by atoms with Gasteiger partial charge in [-0.15, -0.1) is 0 Å². The number of hydrogen-bond acceptors (Lipinski definition) is 7. The number of amidine groups is 1. The van der Waals surface area contributed by atoms with Crippen LogP contribution in [-0.4, -0.2) is 45.5 Å². The number of nitrogens with two attached hydrogens (primary N) is 1. The maximum atomic E-state index is 11.2. The third kappa shape index (κ3) is 2.42. The highest BCUT2D eigenvalue weighted by molar-refractivity contribution is 8.15. The molecule has 0 aromatic heterocycles. The Balaban J connectivity index is 2.22. The number of guanidine groups is 1. The van der Waals surface area contributed by atoms with Crippen LogP contribution in [-0.2, 0) is 4.79 Å². The van der Waals surface area contributed by atoms with Crippen LogP contribution in [0.1, 0.15) is 13.8 Å². The van der Waals surface area contributed by atoms with E-state index in [1.807, 2.05) is 13.8 Å². The van der Waals surface area contributed by atoms with Gasteiger partial charge in [-0.05, 0) is 5.92 Å². The van der Waals surface area contributed by atoms with Gasteiger partial charge in [0.05, 0.1) is 0 Å². The number of hydrogen-bond donors (Lipinski definition) is 2. The molecule has 0 fully saturated rings. The summed E-state index contributed by atoms with van der Waals surface area (Å²) in [6.07, 6.45) is 1.39. The minimum atomic E-state index is -0.876. The standard InChI is InChI=1S/C10H13N5O2S/c1-4(2)6(9(16)17)18-8-5-7(13-3-12-5)14-10(11)15-8/h3-6H,1-2H3,(H,16,17)(H2,11,12,13,14). The number of carbonyl (C=O) groups is 1. The van der Waals surface area contributed by atoms with E-state index in [4.69, 9.17) is 5.73 Å². The molecule has 2 aliphatic heterocycles. The summed E-state index contributed by atoms with van der Waals surface area (Å²) >= 11 is 1.16. The first-order chi connectivity index (χ1) is 8.49. The zero-order chi connectivity index (χ0) is 13.3. The fourth-order valence-corrected chi connectivity index (χ4v) is 2.64. The van der Waals surface area contributed by atoms with E-state index in [1.165, 1.54) is 6.34 Å². The Labute approximate surface area is 108 Å². The molecule has 3 N–H and O–H groups in total. The van der Waals surface area contributed by atoms with E-state index in [9.17, 15) is 9.90 Å². The van der Waals surface area contributed by atoms with Crippen LogP contribution < -0.4 is 5.73 Å². The van der Waals surface area contributed by atoms with Crippen molar-refractivity contribution < 1.29 is 9.90 Å². The average molecular weight is 267 g/mol. The minimum Gasteiger partial charge on any atom is -0.480 e. The van der Waals surface area contributed by atoms with Crippen LogP contribution >= 0.6 is 11.8 Å². The highest BCUT2D eigenvalue weighted by Gasteiger charge is 2.33. The molecule has 8 heteroatoms. The van der Waals surface area contributed by atoms with E-state index in [0.717, 1.165) is 11.8 Å². The fraction of sp³-hybridized carbons (Fsp3) is 0.500. The van der Waals surface area contributed by atoms with Crippen molar-refractivity contribution in [1.82, 2.24) is 0 Å². The third-order valence-corrected chi connectivity index (χ3v) is 3.99. The molecule has 0 saturated carbocycles. The number of rotatable bonds is 3. The van der Waals surface area contributed by atoms with Gasteiger partial charge in [0.1, 0.15) is 16.6 Å². The molecule has 0 aliphatic carbocycles. The lowest BCUT2D eigenvalue weighted by Gasteiger charge is -2.20. The van der Waals surface area contributed by atoms with Gasteiger partial charge in [-0.25, -0.2) is 9.98 Å². The van der Waals surface area contributed by atoms with Gasteiger partial charge in [0.25, 0.3) is 0 Å². The summed E-state index contributed by atoms with van der Waals surface area (Å²) in [5.41, 5.74) is 5.57. The molecule has 0 spiro atoms. The second kappa shape index (κ2) is 4.89. The van der Waals surface area contributed by atoms with Crippen molar-refractivity contribution in [3.05, 3.63) is 0 Å². The molecule has 0 aromatic carbocycles. The quantitative estimate of drug-likeness (QED) is 0.768. The predicted molar refractivity (Wildman–Crippen MR) is 72.6 cm³/mol. The van der Waals surface area contributed by atoms with Crippen LogP contribution in [0.3, 0.4) is 0 Å². The molecule has 0 bridgehead atoms. The number of thioether (sulfide) groups is 1. The smallest absolute Gasteiger partial charge is 0.317 e. The van der Waals surface area contributed by atoms with Crippen molar-refractivity contribution in [3.8, 4) is 0 Å². The van der Waals surface area contributed by atoms with Crippen LogP contribution in [0.15, 0.2) is 20.0 Å². The molecule has 0 amide bonds. The van der Waals surface area contributed by atoms with Crippen molar-refractivity contribution in [2.24, 2.45) is 31.6 Å². The van der Waals surface area contributed by atoms with Gasteiger partial charge in [0, 0.05) is 0 Å². The third-order valence-electron chi connectivity index (χ3n) is 2.43. The monoisotopic (exact) mass is 267 g/mol. The molecule has 0 saturated heterocycles. The first-order valence-corrected chi connectivity index (χ1v) is 6.28. The zero-order valence-electron chi connectivity index (χ0n) is 9.94. The lowest BCUT2D eigenvalue weighted by molar-refractivity contribution is -0.137. The van der Waals surface area contributed by atoms with Gasteiger partial charge in [-0.2, -0.15) is 4.99 Å². The van der Waals surface area contributed by atoms with E-state index in [2.05, 4.69) is 20.0 Å². The molecule has 2 rings (SSSR count). The van der Waals surface area contributed by atoms with Crippen molar-refractivity contribution in [2.75, 3.05) is 0 Å². The average Bonchev–Trinajstić information content (AvgIpc) is 2.72. The molecular formula is C10H13N5O2S. The van der Waals surface area contributed by atoms with Crippen molar-refractivity contribution in [1.29, 1.82) is 0 Å². The SMILES string of the molecule is CC(C)C(SC1=NC(N)=NC2=NC=NC21)C(=O)O. The predicted octanol–water partition coefficient (Wildman–Crippen LogP) is 0.365. The normalized spacial score (nSPS) is 23.3. The van der Waals surface area contributed by atoms with E-state index < -0.39 is 17.3 Å². The molecule has 2 heterocycles. The van der Waals surface area contributed by atoms with Crippen molar-refractivity contribution in [3.63, 3.8) is 0 Å². The number of carboxylic acid groups (broad SMARTS) is 1. The zero-order valence-corrected chi connectivity index (χ0v) is 10.8. The largest absolute Gasteiger partial charge is 0.480 e. The summed E-state index contributed by atoms with van der Waals surface area (Å²) in [5, 5.41) is 9.12. The van der Waals surface area contributed by atoms with Crippen molar-refractivity contribution >= 4 is 40.9 Å². The molecule has 2 atom stereocenters. The van der Waals surface area contributed by atoms with Gasteiger partial charge in [-0.1, -0.05) is 25.6 Å². The Kier molecular flexibility index (Phi) is 3.46. The number of aliphatic imine (C=N–C) groups is 4. The minimum absolute atomic E-state index is 0.0268. The van der Waals surface area contributed by atoms with Crippen molar-refractivity contribution in [2.45, 2.75) is 25.1 Å². The second-order valence-electron chi connectivity index (χ2n) is 4.20. The van der Waals surface area contributed by atoms with E-state index in [1.54, 1.807) is 0 Å². The van der Waals surface area contributed by atoms with Gasteiger partial charge < -0.3 is 10.8 Å². The van der Waals surface area contributed by atoms with Gasteiger partial charge in [0.15, 0.2) is 11.9 Å². The van der Waals surface area contributed by atoms with Crippen LogP contribution in [0.2, 0.25) is 0 Å². The molecule has 2 unspecified atom stereocenters. The number of nitrogens with zero attached hydrogens (tertiary/aromatic N) is 4. The fourth-order valence-electron chi connectivity index (χ4n) is 1.57. The lowest BCUT2D eigenvalue weighted by Crippen LogP contribution is -2.34. The van der Waals surface area contributed by atoms with Gasteiger partial charge >= 0.3 is 5.97 Å². The summed E-state index contributed by atoms with van der Waals surface area (Å²) in [4.78, 5) is 27.3. The molecular weight excluding hydrogens is 254 g/mol. The number of aliphatic carboxylic acids is 1. The van der Waals surface area contributed by atoms with Crippen LogP contribution in [0, 0.1) is 5.92 Å². The number of carboxylic acids is 1. The molecule has 0 radical (unpaired) electrons. The Morgan fingerprint density at radius 1 is 1.50 bits per heavy atom. The van der Waals surface area contributed by atoms with Crippen LogP contribution in [0.25, 0.3) is 0 Å². The van der Waals surface area contributed by atoms with Gasteiger partial charge in [-0.3, -0.25) is 9.79 Å². The maximum Gasteiger partial charge on any atom is 0.317 e. The Morgan fingerprint density at radius 3 is 2.83 bits per heavy atom. The Morgan fingerprint density at radius 2 is 2.22 bits per heavy atom. The van der Waals surface area contributed by atoms with E-state index in [0.29, 0.717) is 10.9 Å². The highest BCUT2D eigenvalue weighted by Crippen LogP contribution is 2.27. The Bertz CT molecular complexity index is 494. The summed E-state index contributed by atoms with van der Waals surface area (Å²) in [6, 6.07) is -0.400. The molecule has 18 heavy (non-hydrogen) atoms. The van der Waals surface area contributed by atoms with Crippen LogP contribution in [0.5, 0.6) is 0 Å². The summed E-state index contributed by atoms with van der Waals surface area (Å²) < 4.78 is 0. The van der Waals surface area contributed by atoms with E-state index in [-0.39, 0.29) is 11.9 Å². The molecule has 2 aliphatic rings. The van der Waals surface area contributed by atoms with Crippen LogP contribution in [0.4, 0.5) is 0 Å². The second-order valence-corrected chi connectivity index (χ2v) is 5.36. The van der Waals surface area contributed by atoms with E-state index >= 15 is 0 Å². The summed E-state index contributed by atoms with van der Waals surface area (Å²) in [7, 11) is 0. The first kappa shape index (κ1) is 12.7.